The molecule has 9 heteroatoms. The van der Waals surface area contributed by atoms with Crippen LogP contribution in [0.5, 0.6) is 5.75 Å². The molecule has 0 bridgehead atoms. The van der Waals surface area contributed by atoms with Crippen LogP contribution >= 0.6 is 0 Å². The fourth-order valence-corrected chi connectivity index (χ4v) is 6.25. The van der Waals surface area contributed by atoms with Gasteiger partial charge in [0.15, 0.2) is 17.3 Å². The molecule has 1 N–H and O–H groups in total. The number of para-hydroxylation sites is 1. The second-order valence-electron chi connectivity index (χ2n) is 8.83. The third-order valence-electron chi connectivity index (χ3n) is 7.05. The molecule has 2 atom stereocenters. The molecule has 0 saturated carbocycles. The number of carbonyl (C=O) groups is 1. The van der Waals surface area contributed by atoms with Gasteiger partial charge in [0.2, 0.25) is 0 Å². The zero-order chi connectivity index (χ0) is 25.3. The second-order valence-corrected chi connectivity index (χ2v) is 10.2. The molecule has 2 heterocycles. The van der Waals surface area contributed by atoms with Crippen molar-refractivity contribution in [1.29, 1.82) is 0 Å². The summed E-state index contributed by atoms with van der Waals surface area (Å²) in [5, 5.41) is 0.263. The lowest BCUT2D eigenvalue weighted by atomic mass is 9.89. The number of fused-ring (bicyclic) bond motifs is 2. The smallest absolute Gasteiger partial charge is 0.321 e. The Kier molecular flexibility index (Phi) is 7.32. The number of rotatable bonds is 9. The number of carbonyl (C=O) groups excluding carboxylic acids is 1. The molecule has 186 valence electrons. The van der Waals surface area contributed by atoms with Gasteiger partial charge in [-0.15, -0.1) is 6.58 Å². The summed E-state index contributed by atoms with van der Waals surface area (Å²) in [6.45, 7) is 9.78. The number of nitrogens with zero attached hydrogens (tertiary/aromatic N) is 3. The minimum absolute atomic E-state index is 0.0742. The van der Waals surface area contributed by atoms with Crippen molar-refractivity contribution in [1.82, 2.24) is 19.4 Å². The summed E-state index contributed by atoms with van der Waals surface area (Å²) in [5.41, 5.74) is 3.82. The van der Waals surface area contributed by atoms with Crippen LogP contribution in [-0.4, -0.2) is 59.1 Å². The summed E-state index contributed by atoms with van der Waals surface area (Å²) in [4.78, 5) is 23.1. The highest BCUT2D eigenvalue weighted by molar-refractivity contribution is 7.90. The highest BCUT2D eigenvalue weighted by Crippen LogP contribution is 2.44. The zero-order valence-electron chi connectivity index (χ0n) is 20.6. The van der Waals surface area contributed by atoms with E-state index < -0.39 is 17.0 Å². The number of hydrogen-bond acceptors (Lipinski definition) is 5. The number of H-pyrrole nitrogens is 1. The minimum atomic E-state index is -1.54. The quantitative estimate of drug-likeness (QED) is 0.267. The van der Waals surface area contributed by atoms with E-state index in [1.807, 2.05) is 39.1 Å². The Hall–Kier alpha value is -2.72. The molecule has 0 spiro atoms. The van der Waals surface area contributed by atoms with Crippen LogP contribution in [0.2, 0.25) is 0 Å². The number of halogens is 1. The summed E-state index contributed by atoms with van der Waals surface area (Å²) in [6.07, 6.45) is 2.25. The lowest BCUT2D eigenvalue weighted by Gasteiger charge is -2.43. The van der Waals surface area contributed by atoms with Crippen LogP contribution in [0.4, 0.5) is 10.1 Å². The van der Waals surface area contributed by atoms with Crippen LogP contribution in [0, 0.1) is 5.82 Å². The molecule has 35 heavy (non-hydrogen) atoms. The normalized spacial score (nSPS) is 18.0. The van der Waals surface area contributed by atoms with E-state index >= 15 is 0 Å². The number of methoxy groups -OCH3 is 1. The molecule has 0 fully saturated rings. The van der Waals surface area contributed by atoms with Gasteiger partial charge < -0.3 is 9.29 Å². The van der Waals surface area contributed by atoms with Crippen molar-refractivity contribution in [2.75, 3.05) is 33.8 Å². The van der Waals surface area contributed by atoms with Gasteiger partial charge in [0, 0.05) is 35.4 Å². The van der Waals surface area contributed by atoms with Gasteiger partial charge in [-0.1, -0.05) is 18.2 Å². The molecule has 0 saturated heterocycles. The highest BCUT2D eigenvalue weighted by atomic mass is 32.2. The van der Waals surface area contributed by atoms with Crippen molar-refractivity contribution in [3.63, 3.8) is 0 Å². The molecular weight excluding hydrogens is 467 g/mol. The van der Waals surface area contributed by atoms with Crippen LogP contribution in [0.25, 0.3) is 11.0 Å². The molecule has 1 aromatic heterocycles. The summed E-state index contributed by atoms with van der Waals surface area (Å²) in [7, 11) is 3.39. The zero-order valence-corrected chi connectivity index (χ0v) is 21.5. The lowest BCUT2D eigenvalue weighted by Crippen LogP contribution is -2.58. The van der Waals surface area contributed by atoms with Crippen LogP contribution in [-0.2, 0) is 21.7 Å². The van der Waals surface area contributed by atoms with E-state index in [0.29, 0.717) is 37.1 Å². The van der Waals surface area contributed by atoms with E-state index in [2.05, 4.69) is 27.5 Å². The summed E-state index contributed by atoms with van der Waals surface area (Å²) in [5.74, 6) is -0.0831. The summed E-state index contributed by atoms with van der Waals surface area (Å²) in [6, 6.07) is 8.70. The Balaban J connectivity index is 1.77. The molecule has 0 radical (unpaired) electrons. The van der Waals surface area contributed by atoms with Gasteiger partial charge >= 0.3 is 11.1 Å². The van der Waals surface area contributed by atoms with Gasteiger partial charge in [0.1, 0.15) is 5.75 Å². The third-order valence-corrected chi connectivity index (χ3v) is 8.25. The van der Waals surface area contributed by atoms with E-state index in [1.54, 1.807) is 0 Å². The Morgan fingerprint density at radius 2 is 2.11 bits per heavy atom. The number of benzene rings is 2. The van der Waals surface area contributed by atoms with Gasteiger partial charge in [-0.25, -0.2) is 13.7 Å². The van der Waals surface area contributed by atoms with Crippen LogP contribution in [0.15, 0.2) is 48.1 Å². The first-order chi connectivity index (χ1) is 16.8. The fourth-order valence-electron chi connectivity index (χ4n) is 5.17. The third kappa shape index (κ3) is 4.38. The fraction of sp³-hybridized carbons (Fsp3) is 0.385. The molecule has 1 aliphatic heterocycles. The molecule has 7 nitrogen and oxygen atoms in total. The number of nitrogens with one attached hydrogen (secondary N) is 1. The largest absolute Gasteiger partial charge is 0.609 e. The first-order valence-corrected chi connectivity index (χ1v) is 13.1. The number of aromatic nitrogens is 2. The monoisotopic (exact) mass is 499 g/mol. The Morgan fingerprint density at radius 1 is 1.37 bits per heavy atom. The van der Waals surface area contributed by atoms with Gasteiger partial charge in [-0.3, -0.25) is 9.88 Å². The van der Waals surface area contributed by atoms with E-state index in [4.69, 9.17) is 4.74 Å². The predicted octanol–water partition coefficient (Wildman–Crippen LogP) is 4.45. The number of aromatic amines is 1. The predicted molar refractivity (Wildman–Crippen MR) is 137 cm³/mol. The molecule has 1 amide bonds. The number of ether oxygens (including phenoxy) is 1. The van der Waals surface area contributed by atoms with Crippen molar-refractivity contribution < 1.29 is 18.5 Å². The second kappa shape index (κ2) is 10.1. The van der Waals surface area contributed by atoms with Crippen molar-refractivity contribution in [2.24, 2.45) is 0 Å². The van der Waals surface area contributed by atoms with Gasteiger partial charge in [-0.05, 0) is 27.0 Å². The molecule has 2 unspecified atom stereocenters. The minimum Gasteiger partial charge on any atom is -0.609 e. The average molecular weight is 500 g/mol. The van der Waals surface area contributed by atoms with E-state index in [9.17, 15) is 13.7 Å². The maximum Gasteiger partial charge on any atom is 0.321 e. The standard InChI is InChI=1S/C26H32FN4O3S/c1-6-12-30(4)22-15-24(32)31(7-2,8-3)25-17(10-9-11-18(22)25)16-35(33)26-28-20-13-19(27)23(34-5)14-21(20)29-26/h6,9-11,13-14,22H,1,7-8,12,15-16H2,2-5H3,(H,28,29)/q+1. The van der Waals surface area contributed by atoms with Crippen molar-refractivity contribution >= 4 is 33.8 Å². The van der Waals surface area contributed by atoms with Crippen LogP contribution < -0.4 is 9.22 Å². The Morgan fingerprint density at radius 3 is 2.77 bits per heavy atom. The number of quaternary nitrogens is 1. The number of imidazole rings is 1. The SMILES string of the molecule is C=CCN(C)C1CC(=O)[N+](CC)(CC)c2c(C[S+]([O-])c3nc4cc(F)c(OC)cc4[nH]3)cccc21. The molecule has 1 aliphatic rings. The summed E-state index contributed by atoms with van der Waals surface area (Å²) >= 11 is -1.54. The maximum absolute atomic E-state index is 14.1. The van der Waals surface area contributed by atoms with Crippen molar-refractivity contribution in [3.05, 3.63) is 59.9 Å². The van der Waals surface area contributed by atoms with Gasteiger partial charge in [0.05, 0.1) is 49.3 Å². The number of likely N-dealkylation sites (N-methyl/N-ethyl adjacent to an activating group) is 1. The number of amides is 1. The van der Waals surface area contributed by atoms with E-state index in [1.165, 1.54) is 19.2 Å². The van der Waals surface area contributed by atoms with Gasteiger partial charge in [-0.2, -0.15) is 4.98 Å². The van der Waals surface area contributed by atoms with Crippen molar-refractivity contribution in [2.45, 2.75) is 37.2 Å². The topological polar surface area (TPSA) is 81.3 Å². The molecular formula is C26H32FN4O3S+. The Labute approximate surface area is 208 Å². The van der Waals surface area contributed by atoms with Crippen LogP contribution in [0.1, 0.15) is 37.4 Å². The van der Waals surface area contributed by atoms with E-state index in [0.717, 1.165) is 16.8 Å². The van der Waals surface area contributed by atoms with Crippen LogP contribution in [0.3, 0.4) is 0 Å². The molecule has 3 aromatic rings. The average Bonchev–Trinajstić information content (AvgIpc) is 3.26. The Bertz CT molecular complexity index is 1260. The molecule has 2 aromatic carbocycles. The molecule has 0 aliphatic carbocycles. The van der Waals surface area contributed by atoms with E-state index in [-0.39, 0.29) is 33.1 Å². The molecule has 4 rings (SSSR count). The highest BCUT2D eigenvalue weighted by Gasteiger charge is 2.47. The van der Waals surface area contributed by atoms with Gasteiger partial charge in [0.25, 0.3) is 0 Å². The number of hydrogen-bond donors (Lipinski definition) is 1. The first-order valence-electron chi connectivity index (χ1n) is 11.7. The van der Waals surface area contributed by atoms with Crippen molar-refractivity contribution in [3.8, 4) is 5.75 Å². The lowest BCUT2D eigenvalue weighted by molar-refractivity contribution is -0.132. The first kappa shape index (κ1) is 25.4. The summed E-state index contributed by atoms with van der Waals surface area (Å²) < 4.78 is 32.9. The maximum atomic E-state index is 14.1.